The highest BCUT2D eigenvalue weighted by Crippen LogP contribution is 2.13. The second kappa shape index (κ2) is 5.14. The number of nitrogens with two attached hydrogens (primary N) is 1. The van der Waals surface area contributed by atoms with Gasteiger partial charge in [-0.1, -0.05) is 5.92 Å². The number of hydrogen-bond acceptors (Lipinski definition) is 7. The molecule has 0 saturated heterocycles. The quantitative estimate of drug-likeness (QED) is 0.408. The average Bonchev–Trinajstić information content (AvgIpc) is 2.28. The Hall–Kier alpha value is -2.07. The number of nitrogen functional groups attached to an aromatic ring is 1. The third-order valence-electron chi connectivity index (χ3n) is 1.65. The van der Waals surface area contributed by atoms with Gasteiger partial charge in [-0.05, 0) is 6.92 Å². The van der Waals surface area contributed by atoms with Gasteiger partial charge in [0.25, 0.3) is 0 Å². The highest BCUT2D eigenvalue weighted by molar-refractivity contribution is 5.36. The summed E-state index contributed by atoms with van der Waals surface area (Å²) in [6.45, 7) is 1.72. The predicted molar refractivity (Wildman–Crippen MR) is 60.9 cm³/mol. The predicted octanol–water partition coefficient (Wildman–Crippen LogP) is -0.376. The molecule has 7 heteroatoms. The molecule has 1 unspecified atom stereocenters. The minimum atomic E-state index is -0.414. The molecule has 86 valence electrons. The Bertz CT molecular complexity index is 399. The smallest absolute Gasteiger partial charge is 0.324 e. The Kier molecular flexibility index (Phi) is 3.85. The van der Waals surface area contributed by atoms with E-state index in [2.05, 4.69) is 26.3 Å². The lowest BCUT2D eigenvalue weighted by atomic mass is 10.4. The van der Waals surface area contributed by atoms with Gasteiger partial charge in [-0.25, -0.2) is 5.84 Å². The molecule has 0 aliphatic carbocycles. The molecular formula is C9H14N6O. The highest BCUT2D eigenvalue weighted by Gasteiger charge is 2.10. The van der Waals surface area contributed by atoms with E-state index in [1.165, 1.54) is 0 Å². The molecule has 1 rings (SSSR count). The molecule has 1 heterocycles. The van der Waals surface area contributed by atoms with Crippen LogP contribution in [0.15, 0.2) is 0 Å². The van der Waals surface area contributed by atoms with E-state index in [4.69, 9.17) is 17.0 Å². The summed E-state index contributed by atoms with van der Waals surface area (Å²) in [7, 11) is 3.59. The maximum atomic E-state index is 5.28. The number of hydrogen-bond donors (Lipinski definition) is 2. The molecule has 0 bridgehead atoms. The first kappa shape index (κ1) is 12.0. The van der Waals surface area contributed by atoms with Gasteiger partial charge in [-0.3, -0.25) is 5.43 Å². The maximum absolute atomic E-state index is 5.28. The molecule has 1 atom stereocenters. The van der Waals surface area contributed by atoms with E-state index in [1.807, 2.05) is 0 Å². The van der Waals surface area contributed by atoms with Crippen molar-refractivity contribution < 1.29 is 4.74 Å². The monoisotopic (exact) mass is 222 g/mol. The van der Waals surface area contributed by atoms with Crippen LogP contribution in [0.4, 0.5) is 11.9 Å². The molecule has 0 radical (unpaired) electrons. The maximum Gasteiger partial charge on any atom is 0.324 e. The standard InChI is InChI=1S/C9H14N6O/c1-5-6(2)16-9-12-7(14-10)11-8(13-9)15(3)4/h1,6H,10H2,2-4H3,(H,11,12,13,14). The number of terminal acetylenes is 1. The molecule has 0 fully saturated rings. The first-order chi connectivity index (χ1) is 7.56. The van der Waals surface area contributed by atoms with Crippen molar-refractivity contribution in [2.75, 3.05) is 24.4 Å². The van der Waals surface area contributed by atoms with Crippen molar-refractivity contribution in [3.63, 3.8) is 0 Å². The van der Waals surface area contributed by atoms with Crippen molar-refractivity contribution in [2.45, 2.75) is 13.0 Å². The van der Waals surface area contributed by atoms with Crippen LogP contribution < -0.4 is 20.9 Å². The minimum absolute atomic E-state index is 0.136. The first-order valence-corrected chi connectivity index (χ1v) is 4.59. The van der Waals surface area contributed by atoms with Gasteiger partial charge in [-0.2, -0.15) is 15.0 Å². The van der Waals surface area contributed by atoms with Crippen LogP contribution in [-0.2, 0) is 0 Å². The number of ether oxygens (including phenoxy) is 1. The van der Waals surface area contributed by atoms with Crippen LogP contribution in [0, 0.1) is 12.3 Å². The van der Waals surface area contributed by atoms with Crippen molar-refractivity contribution in [1.29, 1.82) is 0 Å². The Morgan fingerprint density at radius 3 is 2.62 bits per heavy atom. The van der Waals surface area contributed by atoms with Crippen LogP contribution in [0.25, 0.3) is 0 Å². The second-order valence-corrected chi connectivity index (χ2v) is 3.21. The van der Waals surface area contributed by atoms with Crippen LogP contribution in [0.5, 0.6) is 6.01 Å². The summed E-state index contributed by atoms with van der Waals surface area (Å²) >= 11 is 0. The van der Waals surface area contributed by atoms with E-state index in [-0.39, 0.29) is 12.0 Å². The number of nitrogens with zero attached hydrogens (tertiary/aromatic N) is 4. The lowest BCUT2D eigenvalue weighted by molar-refractivity contribution is 0.256. The second-order valence-electron chi connectivity index (χ2n) is 3.21. The van der Waals surface area contributed by atoms with Crippen molar-refractivity contribution >= 4 is 11.9 Å². The number of hydrazine groups is 1. The number of aromatic nitrogens is 3. The van der Waals surface area contributed by atoms with E-state index >= 15 is 0 Å². The lowest BCUT2D eigenvalue weighted by Gasteiger charge is -2.13. The largest absolute Gasteiger partial charge is 0.447 e. The molecule has 0 amide bonds. The fraction of sp³-hybridized carbons (Fsp3) is 0.444. The third-order valence-corrected chi connectivity index (χ3v) is 1.65. The average molecular weight is 222 g/mol. The molecule has 0 aromatic carbocycles. The number of nitrogens with one attached hydrogen (secondary N) is 1. The molecule has 0 spiro atoms. The fourth-order valence-electron chi connectivity index (χ4n) is 0.855. The molecule has 7 nitrogen and oxygen atoms in total. The van der Waals surface area contributed by atoms with Gasteiger partial charge >= 0.3 is 6.01 Å². The zero-order valence-electron chi connectivity index (χ0n) is 9.43. The summed E-state index contributed by atoms with van der Waals surface area (Å²) in [5.74, 6) is 8.30. The summed E-state index contributed by atoms with van der Waals surface area (Å²) in [5, 5.41) is 0. The summed E-state index contributed by atoms with van der Waals surface area (Å²) in [6.07, 6.45) is 4.78. The van der Waals surface area contributed by atoms with Crippen LogP contribution in [-0.4, -0.2) is 35.2 Å². The topological polar surface area (TPSA) is 89.2 Å². The van der Waals surface area contributed by atoms with E-state index in [0.29, 0.717) is 5.95 Å². The van der Waals surface area contributed by atoms with Crippen molar-refractivity contribution in [3.05, 3.63) is 0 Å². The SMILES string of the molecule is C#CC(C)Oc1nc(NN)nc(N(C)C)n1. The Balaban J connectivity index is 3.00. The zero-order valence-corrected chi connectivity index (χ0v) is 9.43. The zero-order chi connectivity index (χ0) is 12.1. The number of rotatable bonds is 4. The normalized spacial score (nSPS) is 11.4. The van der Waals surface area contributed by atoms with Crippen LogP contribution in [0.1, 0.15) is 6.92 Å². The van der Waals surface area contributed by atoms with Crippen LogP contribution in [0.3, 0.4) is 0 Å². The van der Waals surface area contributed by atoms with Gasteiger partial charge in [0.05, 0.1) is 0 Å². The Labute approximate surface area is 94.0 Å². The van der Waals surface area contributed by atoms with E-state index in [1.54, 1.807) is 25.9 Å². The highest BCUT2D eigenvalue weighted by atomic mass is 16.5. The molecule has 0 aliphatic rings. The van der Waals surface area contributed by atoms with Crippen molar-refractivity contribution in [3.8, 4) is 18.4 Å². The molecule has 1 aromatic heterocycles. The van der Waals surface area contributed by atoms with Gasteiger partial charge in [0.1, 0.15) is 0 Å². The third kappa shape index (κ3) is 2.96. The minimum Gasteiger partial charge on any atom is -0.447 e. The molecule has 0 saturated carbocycles. The van der Waals surface area contributed by atoms with Gasteiger partial charge in [0.15, 0.2) is 6.10 Å². The molecule has 16 heavy (non-hydrogen) atoms. The van der Waals surface area contributed by atoms with Crippen molar-refractivity contribution in [1.82, 2.24) is 15.0 Å². The first-order valence-electron chi connectivity index (χ1n) is 4.59. The van der Waals surface area contributed by atoms with E-state index in [0.717, 1.165) is 0 Å². The summed E-state index contributed by atoms with van der Waals surface area (Å²) in [6, 6.07) is 0.136. The van der Waals surface area contributed by atoms with E-state index < -0.39 is 6.10 Å². The fourth-order valence-corrected chi connectivity index (χ4v) is 0.855. The Morgan fingerprint density at radius 2 is 2.12 bits per heavy atom. The van der Waals surface area contributed by atoms with E-state index in [9.17, 15) is 0 Å². The van der Waals surface area contributed by atoms with Gasteiger partial charge in [-0.15, -0.1) is 6.42 Å². The summed E-state index contributed by atoms with van der Waals surface area (Å²) in [4.78, 5) is 13.7. The molecule has 3 N–H and O–H groups in total. The van der Waals surface area contributed by atoms with Gasteiger partial charge < -0.3 is 9.64 Å². The van der Waals surface area contributed by atoms with Crippen LogP contribution >= 0.6 is 0 Å². The van der Waals surface area contributed by atoms with Crippen molar-refractivity contribution in [2.24, 2.45) is 5.84 Å². The lowest BCUT2D eigenvalue weighted by Crippen LogP contribution is -2.19. The molecule has 1 aromatic rings. The molecular weight excluding hydrogens is 208 g/mol. The van der Waals surface area contributed by atoms with Gasteiger partial charge in [0, 0.05) is 14.1 Å². The van der Waals surface area contributed by atoms with Gasteiger partial charge in [0.2, 0.25) is 11.9 Å². The Morgan fingerprint density at radius 1 is 1.44 bits per heavy atom. The number of anilines is 2. The summed E-state index contributed by atoms with van der Waals surface area (Å²) in [5.41, 5.74) is 2.33. The summed E-state index contributed by atoms with van der Waals surface area (Å²) < 4.78 is 5.28. The van der Waals surface area contributed by atoms with Crippen LogP contribution in [0.2, 0.25) is 0 Å². The molecule has 0 aliphatic heterocycles.